The third-order valence-corrected chi connectivity index (χ3v) is 6.37. The molecule has 2 aromatic rings. The number of carbonyl (C=O) groups is 3. The summed E-state index contributed by atoms with van der Waals surface area (Å²) in [4.78, 5) is 38.8. The smallest absolute Gasteiger partial charge is 0.407 e. The van der Waals surface area contributed by atoms with Crippen molar-refractivity contribution >= 4 is 18.0 Å². The quantitative estimate of drug-likeness (QED) is 0.701. The molecule has 0 saturated carbocycles. The van der Waals surface area contributed by atoms with Gasteiger partial charge in [-0.2, -0.15) is 0 Å². The first kappa shape index (κ1) is 23.8. The maximum Gasteiger partial charge on any atom is 0.407 e. The first-order valence-corrected chi connectivity index (χ1v) is 11.4. The number of morpholine rings is 1. The Bertz CT molecular complexity index is 1050. The van der Waals surface area contributed by atoms with E-state index in [1.807, 2.05) is 57.2 Å². The topological polar surface area (TPSA) is 105 Å². The molecule has 8 nitrogen and oxygen atoms in total. The van der Waals surface area contributed by atoms with Gasteiger partial charge in [-0.25, -0.2) is 9.59 Å². The molecule has 180 valence electrons. The number of ether oxygens (including phenoxy) is 2. The second-order valence-electron chi connectivity index (χ2n) is 9.75. The van der Waals surface area contributed by atoms with E-state index in [0.29, 0.717) is 0 Å². The zero-order valence-electron chi connectivity index (χ0n) is 19.6. The number of rotatable bonds is 5. The van der Waals surface area contributed by atoms with Gasteiger partial charge in [0.2, 0.25) is 5.91 Å². The van der Waals surface area contributed by atoms with E-state index in [1.54, 1.807) is 0 Å². The fraction of sp³-hybridized carbons (Fsp3) is 0.423. The summed E-state index contributed by atoms with van der Waals surface area (Å²) < 4.78 is 10.8. The minimum atomic E-state index is -1.12. The molecule has 0 radical (unpaired) electrons. The van der Waals surface area contributed by atoms with Crippen LogP contribution in [0.3, 0.4) is 0 Å². The lowest BCUT2D eigenvalue weighted by molar-refractivity contribution is -0.160. The molecule has 4 rings (SSSR count). The van der Waals surface area contributed by atoms with Crippen molar-refractivity contribution in [3.63, 3.8) is 0 Å². The number of carboxylic acid groups (broad SMARTS) is 1. The minimum absolute atomic E-state index is 0.0624. The highest BCUT2D eigenvalue weighted by Crippen LogP contribution is 2.44. The van der Waals surface area contributed by atoms with E-state index in [9.17, 15) is 19.5 Å². The molecule has 1 saturated heterocycles. The molecule has 34 heavy (non-hydrogen) atoms. The van der Waals surface area contributed by atoms with Gasteiger partial charge in [-0.3, -0.25) is 4.79 Å². The Morgan fingerprint density at radius 3 is 2.24 bits per heavy atom. The van der Waals surface area contributed by atoms with Crippen molar-refractivity contribution in [3.05, 3.63) is 59.7 Å². The minimum Gasteiger partial charge on any atom is -0.479 e. The highest BCUT2D eigenvalue weighted by Gasteiger charge is 2.39. The molecule has 0 bridgehead atoms. The molecule has 1 heterocycles. The number of nitrogens with one attached hydrogen (secondary N) is 1. The van der Waals surface area contributed by atoms with Crippen LogP contribution >= 0.6 is 0 Å². The van der Waals surface area contributed by atoms with Crippen LogP contribution in [0.5, 0.6) is 0 Å². The van der Waals surface area contributed by atoms with Gasteiger partial charge in [0.05, 0.1) is 13.2 Å². The molecule has 0 aromatic heterocycles. The van der Waals surface area contributed by atoms with E-state index in [1.165, 1.54) is 4.90 Å². The highest BCUT2D eigenvalue weighted by molar-refractivity contribution is 5.87. The lowest BCUT2D eigenvalue weighted by Crippen LogP contribution is -2.58. The highest BCUT2D eigenvalue weighted by atomic mass is 16.5. The summed E-state index contributed by atoms with van der Waals surface area (Å²) in [6.45, 7) is 6.00. The van der Waals surface area contributed by atoms with E-state index in [0.717, 1.165) is 22.3 Å². The van der Waals surface area contributed by atoms with Crippen molar-refractivity contribution in [3.8, 4) is 11.1 Å². The molecule has 1 aliphatic heterocycles. The lowest BCUT2D eigenvalue weighted by Gasteiger charge is -2.37. The first-order valence-electron chi connectivity index (χ1n) is 11.4. The van der Waals surface area contributed by atoms with Gasteiger partial charge in [-0.05, 0) is 27.7 Å². The van der Waals surface area contributed by atoms with Gasteiger partial charge in [0.25, 0.3) is 0 Å². The number of nitrogens with zero attached hydrogens (tertiary/aromatic N) is 1. The van der Waals surface area contributed by atoms with Gasteiger partial charge in [0, 0.05) is 12.5 Å². The Hall–Kier alpha value is -3.39. The molecular weight excluding hydrogens is 436 g/mol. The van der Waals surface area contributed by atoms with Crippen molar-refractivity contribution in [2.75, 3.05) is 26.3 Å². The van der Waals surface area contributed by atoms with Crippen LogP contribution in [0.4, 0.5) is 4.79 Å². The van der Waals surface area contributed by atoms with Crippen LogP contribution in [-0.4, -0.2) is 66.4 Å². The summed E-state index contributed by atoms with van der Waals surface area (Å²) >= 11 is 0. The fourth-order valence-corrected chi connectivity index (χ4v) is 4.59. The molecular formula is C26H30N2O6. The number of carboxylic acids is 1. The number of benzene rings is 2. The molecule has 2 amide bonds. The molecule has 8 heteroatoms. The third-order valence-electron chi connectivity index (χ3n) is 6.37. The molecule has 1 unspecified atom stereocenters. The summed E-state index contributed by atoms with van der Waals surface area (Å²) in [7, 11) is 0. The van der Waals surface area contributed by atoms with E-state index in [4.69, 9.17) is 9.47 Å². The van der Waals surface area contributed by atoms with Gasteiger partial charge >= 0.3 is 12.1 Å². The fourth-order valence-electron chi connectivity index (χ4n) is 4.59. The summed E-state index contributed by atoms with van der Waals surface area (Å²) in [5.41, 5.74) is 3.87. The zero-order chi connectivity index (χ0) is 24.5. The summed E-state index contributed by atoms with van der Waals surface area (Å²) in [5.74, 6) is -1.55. The number of aliphatic carboxylic acids is 1. The monoisotopic (exact) mass is 466 g/mol. The summed E-state index contributed by atoms with van der Waals surface area (Å²) in [6.07, 6.45) is -1.76. The van der Waals surface area contributed by atoms with Crippen LogP contribution in [0.2, 0.25) is 0 Å². The van der Waals surface area contributed by atoms with Crippen LogP contribution in [-0.2, 0) is 19.1 Å². The maximum atomic E-state index is 13.2. The average molecular weight is 467 g/mol. The predicted molar refractivity (Wildman–Crippen MR) is 125 cm³/mol. The molecule has 2 atom stereocenters. The Labute approximate surface area is 198 Å². The van der Waals surface area contributed by atoms with Crippen molar-refractivity contribution in [2.45, 2.75) is 38.8 Å². The van der Waals surface area contributed by atoms with Gasteiger partial charge < -0.3 is 24.8 Å². The van der Waals surface area contributed by atoms with Crippen molar-refractivity contribution in [1.82, 2.24) is 10.2 Å². The van der Waals surface area contributed by atoms with Gasteiger partial charge in [0.1, 0.15) is 12.6 Å². The van der Waals surface area contributed by atoms with Crippen molar-refractivity contribution in [2.24, 2.45) is 5.41 Å². The van der Waals surface area contributed by atoms with Crippen LogP contribution in [0.15, 0.2) is 48.5 Å². The second-order valence-corrected chi connectivity index (χ2v) is 9.75. The molecule has 0 spiro atoms. The largest absolute Gasteiger partial charge is 0.479 e. The molecule has 2 N–H and O–H groups in total. The number of hydrogen-bond acceptors (Lipinski definition) is 5. The second kappa shape index (κ2) is 9.46. The van der Waals surface area contributed by atoms with Gasteiger partial charge in [-0.15, -0.1) is 0 Å². The number of alkyl carbamates (subject to hydrolysis) is 1. The molecule has 1 aliphatic carbocycles. The number of carbonyl (C=O) groups excluding carboxylic acids is 2. The van der Waals surface area contributed by atoms with Crippen LogP contribution in [0, 0.1) is 5.41 Å². The molecule has 2 aromatic carbocycles. The van der Waals surface area contributed by atoms with E-state index in [-0.39, 0.29) is 38.1 Å². The van der Waals surface area contributed by atoms with Crippen molar-refractivity contribution in [1.29, 1.82) is 0 Å². The van der Waals surface area contributed by atoms with Crippen LogP contribution < -0.4 is 5.32 Å². The van der Waals surface area contributed by atoms with Crippen LogP contribution in [0.1, 0.15) is 37.8 Å². The predicted octanol–water partition coefficient (Wildman–Crippen LogP) is 3.25. The number of amides is 2. The molecule has 2 aliphatic rings. The Morgan fingerprint density at radius 1 is 1.09 bits per heavy atom. The summed E-state index contributed by atoms with van der Waals surface area (Å²) in [5, 5.41) is 12.0. The average Bonchev–Trinajstić information content (AvgIpc) is 3.14. The number of hydrogen-bond donors (Lipinski definition) is 2. The number of fused-ring (bicyclic) bond motifs is 3. The zero-order valence-corrected chi connectivity index (χ0v) is 19.6. The Morgan fingerprint density at radius 2 is 1.68 bits per heavy atom. The SMILES string of the molecule is CC(C)(C)[C@@H](NC(=O)OCC1c2ccccc2-c2ccccc21)C(=O)N1CCOC(C(=O)O)C1. The van der Waals surface area contributed by atoms with Crippen LogP contribution in [0.25, 0.3) is 11.1 Å². The van der Waals surface area contributed by atoms with E-state index >= 15 is 0 Å². The third kappa shape index (κ3) is 4.77. The standard InChI is InChI=1S/C26H30N2O6/c1-26(2,3)22(23(29)28-12-13-33-21(14-28)24(30)31)27-25(32)34-15-20-18-10-6-4-8-16(18)17-9-5-7-11-19(17)20/h4-11,20-22H,12-15H2,1-3H3,(H,27,32)(H,30,31)/t21?,22-/m0/s1. The maximum absolute atomic E-state index is 13.2. The van der Waals surface area contributed by atoms with Gasteiger partial charge in [0.15, 0.2) is 6.10 Å². The molecule has 1 fully saturated rings. The first-order chi connectivity index (χ1) is 16.2. The van der Waals surface area contributed by atoms with Crippen molar-refractivity contribution < 1.29 is 29.0 Å². The lowest BCUT2D eigenvalue weighted by atomic mass is 9.85. The van der Waals surface area contributed by atoms with E-state index < -0.39 is 29.6 Å². The normalized spacial score (nSPS) is 18.6. The van der Waals surface area contributed by atoms with Gasteiger partial charge in [-0.1, -0.05) is 69.3 Å². The Kier molecular flexibility index (Phi) is 6.61. The van der Waals surface area contributed by atoms with E-state index in [2.05, 4.69) is 17.4 Å². The summed E-state index contributed by atoms with van der Waals surface area (Å²) in [6, 6.07) is 15.3. The Balaban J connectivity index is 1.44.